The van der Waals surface area contributed by atoms with Crippen LogP contribution in [0.2, 0.25) is 0 Å². The second-order valence-corrected chi connectivity index (χ2v) is 7.82. The number of anilines is 1. The van der Waals surface area contributed by atoms with E-state index in [4.69, 9.17) is 9.47 Å². The van der Waals surface area contributed by atoms with Gasteiger partial charge in [0.05, 0.1) is 24.4 Å². The molecular formula is C24H30N2O4. The molecule has 2 unspecified atom stereocenters. The molecule has 0 radical (unpaired) electrons. The molecule has 1 heterocycles. The third kappa shape index (κ3) is 6.15. The van der Waals surface area contributed by atoms with Crippen molar-refractivity contribution >= 4 is 17.6 Å². The average molecular weight is 411 g/mol. The highest BCUT2D eigenvalue weighted by Crippen LogP contribution is 2.16. The number of esters is 1. The summed E-state index contributed by atoms with van der Waals surface area (Å²) < 4.78 is 10.9. The molecule has 0 aromatic heterocycles. The van der Waals surface area contributed by atoms with Crippen LogP contribution < -0.4 is 5.32 Å². The van der Waals surface area contributed by atoms with Crippen molar-refractivity contribution in [2.45, 2.75) is 45.9 Å². The smallest absolute Gasteiger partial charge is 0.338 e. The fourth-order valence-corrected chi connectivity index (χ4v) is 3.60. The van der Waals surface area contributed by atoms with Gasteiger partial charge < -0.3 is 14.8 Å². The molecule has 0 spiro atoms. The molecule has 1 saturated heterocycles. The van der Waals surface area contributed by atoms with Crippen molar-refractivity contribution in [3.05, 3.63) is 65.2 Å². The molecule has 2 aromatic rings. The minimum atomic E-state index is -0.352. The van der Waals surface area contributed by atoms with Gasteiger partial charge in [0.25, 0.3) is 5.91 Å². The number of amides is 1. The van der Waals surface area contributed by atoms with E-state index >= 15 is 0 Å². The Balaban J connectivity index is 1.55. The fourth-order valence-electron chi connectivity index (χ4n) is 3.60. The maximum atomic E-state index is 12.5. The lowest BCUT2D eigenvalue weighted by Crippen LogP contribution is -2.44. The molecule has 0 bridgehead atoms. The number of nitrogens with zero attached hydrogens (tertiary/aromatic N) is 1. The Morgan fingerprint density at radius 2 is 1.60 bits per heavy atom. The molecule has 1 aliphatic heterocycles. The van der Waals surface area contributed by atoms with Gasteiger partial charge in [0.15, 0.2) is 0 Å². The van der Waals surface area contributed by atoms with Gasteiger partial charge in [-0.1, -0.05) is 19.1 Å². The van der Waals surface area contributed by atoms with Gasteiger partial charge in [-0.15, -0.1) is 0 Å². The third-order valence-corrected chi connectivity index (χ3v) is 4.93. The van der Waals surface area contributed by atoms with E-state index in [1.54, 1.807) is 24.3 Å². The molecule has 2 atom stereocenters. The molecular weight excluding hydrogens is 380 g/mol. The van der Waals surface area contributed by atoms with E-state index in [0.29, 0.717) is 23.4 Å². The van der Waals surface area contributed by atoms with E-state index in [-0.39, 0.29) is 24.1 Å². The fraction of sp³-hybridized carbons (Fsp3) is 0.417. The van der Waals surface area contributed by atoms with Crippen molar-refractivity contribution in [1.82, 2.24) is 4.90 Å². The largest absolute Gasteiger partial charge is 0.462 e. The van der Waals surface area contributed by atoms with Crippen LogP contribution in [0, 0.1) is 0 Å². The molecule has 2 aromatic carbocycles. The first-order valence-corrected chi connectivity index (χ1v) is 10.5. The minimum absolute atomic E-state index is 0.184. The molecule has 3 rings (SSSR count). The quantitative estimate of drug-likeness (QED) is 0.696. The van der Waals surface area contributed by atoms with E-state index in [0.717, 1.165) is 26.1 Å². The number of morpholine rings is 1. The molecule has 1 aliphatic rings. The van der Waals surface area contributed by atoms with E-state index in [1.807, 2.05) is 31.2 Å². The first-order valence-electron chi connectivity index (χ1n) is 10.5. The Morgan fingerprint density at radius 3 is 2.20 bits per heavy atom. The number of hydrogen-bond donors (Lipinski definition) is 1. The van der Waals surface area contributed by atoms with Gasteiger partial charge in [-0.3, -0.25) is 9.69 Å². The van der Waals surface area contributed by atoms with Crippen molar-refractivity contribution in [2.75, 3.05) is 25.0 Å². The second kappa shape index (κ2) is 10.4. The first-order chi connectivity index (χ1) is 14.4. The Labute approximate surface area is 178 Å². The lowest BCUT2D eigenvalue weighted by Gasteiger charge is -2.35. The average Bonchev–Trinajstić information content (AvgIpc) is 2.72. The zero-order valence-electron chi connectivity index (χ0n) is 17.9. The Bertz CT molecular complexity index is 839. The number of carbonyl (C=O) groups excluding carboxylic acids is 2. The van der Waals surface area contributed by atoms with Crippen molar-refractivity contribution in [2.24, 2.45) is 0 Å². The summed E-state index contributed by atoms with van der Waals surface area (Å²) in [4.78, 5) is 26.8. The predicted molar refractivity (Wildman–Crippen MR) is 117 cm³/mol. The summed E-state index contributed by atoms with van der Waals surface area (Å²) in [6.07, 6.45) is 1.25. The number of rotatable bonds is 7. The lowest BCUT2D eigenvalue weighted by molar-refractivity contribution is -0.0704. The van der Waals surface area contributed by atoms with Gasteiger partial charge in [-0.25, -0.2) is 4.79 Å². The molecule has 0 aliphatic carbocycles. The summed E-state index contributed by atoms with van der Waals surface area (Å²) in [5.74, 6) is -0.536. The highest BCUT2D eigenvalue weighted by atomic mass is 16.5. The number of carbonyl (C=O) groups is 2. The Hall–Kier alpha value is -2.70. The van der Waals surface area contributed by atoms with Gasteiger partial charge >= 0.3 is 5.97 Å². The normalized spacial score (nSPS) is 19.3. The summed E-state index contributed by atoms with van der Waals surface area (Å²) in [5, 5.41) is 2.86. The summed E-state index contributed by atoms with van der Waals surface area (Å²) in [7, 11) is 0. The van der Waals surface area contributed by atoms with Crippen LogP contribution in [0.15, 0.2) is 48.5 Å². The van der Waals surface area contributed by atoms with Crippen LogP contribution in [0.4, 0.5) is 5.69 Å². The van der Waals surface area contributed by atoms with Crippen molar-refractivity contribution in [3.63, 3.8) is 0 Å². The highest BCUT2D eigenvalue weighted by molar-refractivity contribution is 6.04. The third-order valence-electron chi connectivity index (χ3n) is 4.93. The zero-order valence-corrected chi connectivity index (χ0v) is 17.9. The van der Waals surface area contributed by atoms with Crippen LogP contribution in [0.3, 0.4) is 0 Å². The topological polar surface area (TPSA) is 67.9 Å². The van der Waals surface area contributed by atoms with E-state index in [1.165, 1.54) is 5.56 Å². The van der Waals surface area contributed by atoms with Gasteiger partial charge in [0.1, 0.15) is 0 Å². The van der Waals surface area contributed by atoms with E-state index in [2.05, 4.69) is 24.1 Å². The Kier molecular flexibility index (Phi) is 7.60. The monoisotopic (exact) mass is 410 g/mol. The van der Waals surface area contributed by atoms with Crippen molar-refractivity contribution < 1.29 is 19.1 Å². The van der Waals surface area contributed by atoms with Crippen molar-refractivity contribution in [1.29, 1.82) is 0 Å². The lowest BCUT2D eigenvalue weighted by atomic mass is 10.1. The number of nitrogens with one attached hydrogen (secondary N) is 1. The molecule has 160 valence electrons. The van der Waals surface area contributed by atoms with Gasteiger partial charge in [0.2, 0.25) is 0 Å². The van der Waals surface area contributed by atoms with Gasteiger partial charge in [-0.05, 0) is 62.2 Å². The number of hydrogen-bond acceptors (Lipinski definition) is 5. The van der Waals surface area contributed by atoms with Crippen LogP contribution in [0.1, 0.15) is 53.5 Å². The number of ether oxygens (including phenoxy) is 2. The maximum absolute atomic E-state index is 12.5. The van der Waals surface area contributed by atoms with Crippen molar-refractivity contribution in [3.8, 4) is 0 Å². The SMILES string of the molecule is CCCOC(=O)c1ccc(NC(=O)c2ccc(CN3CC(C)OC(C)C3)cc2)cc1. The molecule has 1 amide bonds. The van der Waals surface area contributed by atoms with Crippen LogP contribution in [-0.4, -0.2) is 48.7 Å². The first kappa shape index (κ1) is 22.0. The minimum Gasteiger partial charge on any atom is -0.462 e. The predicted octanol–water partition coefficient (Wildman–Crippen LogP) is 4.11. The van der Waals surface area contributed by atoms with E-state index in [9.17, 15) is 9.59 Å². The molecule has 1 fully saturated rings. The van der Waals surface area contributed by atoms with Crippen LogP contribution in [0.5, 0.6) is 0 Å². The maximum Gasteiger partial charge on any atom is 0.338 e. The standard InChI is InChI=1S/C24H30N2O4/c1-4-13-29-24(28)21-9-11-22(12-10-21)25-23(27)20-7-5-19(6-8-20)16-26-14-17(2)30-18(3)15-26/h5-12,17-18H,4,13-16H2,1-3H3,(H,25,27). The van der Waals surface area contributed by atoms with E-state index < -0.39 is 0 Å². The summed E-state index contributed by atoms with van der Waals surface area (Å²) >= 11 is 0. The summed E-state index contributed by atoms with van der Waals surface area (Å²) in [6, 6.07) is 14.4. The summed E-state index contributed by atoms with van der Waals surface area (Å²) in [6.45, 7) is 9.20. The van der Waals surface area contributed by atoms with Crippen LogP contribution in [-0.2, 0) is 16.0 Å². The number of benzene rings is 2. The van der Waals surface area contributed by atoms with Crippen LogP contribution >= 0.6 is 0 Å². The second-order valence-electron chi connectivity index (χ2n) is 7.82. The van der Waals surface area contributed by atoms with Gasteiger partial charge in [-0.2, -0.15) is 0 Å². The molecule has 6 heteroatoms. The van der Waals surface area contributed by atoms with Gasteiger partial charge in [0, 0.05) is 30.9 Å². The zero-order chi connectivity index (χ0) is 21.5. The Morgan fingerprint density at radius 1 is 1.00 bits per heavy atom. The molecule has 0 saturated carbocycles. The van der Waals surface area contributed by atoms with Crippen LogP contribution in [0.25, 0.3) is 0 Å². The molecule has 1 N–H and O–H groups in total. The molecule has 30 heavy (non-hydrogen) atoms. The molecule has 6 nitrogen and oxygen atoms in total. The summed E-state index contributed by atoms with van der Waals surface area (Å²) in [5.41, 5.74) is 2.86. The highest BCUT2D eigenvalue weighted by Gasteiger charge is 2.22.